The predicted molar refractivity (Wildman–Crippen MR) is 78.8 cm³/mol. The van der Waals surface area contributed by atoms with Gasteiger partial charge in [-0.2, -0.15) is 0 Å². The molecule has 1 aromatic heterocycles. The molecule has 0 aliphatic heterocycles. The van der Waals surface area contributed by atoms with E-state index in [1.165, 1.54) is 11.3 Å². The number of nitrogens with one attached hydrogen (secondary N) is 1. The maximum Gasteiger partial charge on any atom is 0.255 e. The van der Waals surface area contributed by atoms with Crippen molar-refractivity contribution in [2.24, 2.45) is 0 Å². The predicted octanol–water partition coefficient (Wildman–Crippen LogP) is 3.86. The van der Waals surface area contributed by atoms with Gasteiger partial charge in [0.15, 0.2) is 0 Å². The Morgan fingerprint density at radius 3 is 2.89 bits per heavy atom. The summed E-state index contributed by atoms with van der Waals surface area (Å²) in [4.78, 5) is 16.4. The second kappa shape index (κ2) is 4.82. The molecule has 0 bridgehead atoms. The first-order valence-electron chi connectivity index (χ1n) is 5.94. The third-order valence-corrected chi connectivity index (χ3v) is 3.78. The molecule has 0 fully saturated rings. The normalized spacial score (nSPS) is 10.6. The molecule has 2 aromatic carbocycles. The smallest absolute Gasteiger partial charge is 0.255 e. The number of hydrogen-bond donors (Lipinski definition) is 1. The molecule has 0 atom stereocenters. The molecule has 94 valence electrons. The molecule has 0 spiro atoms. The number of amides is 1. The van der Waals surface area contributed by atoms with Crippen molar-refractivity contribution in [2.75, 3.05) is 5.32 Å². The van der Waals surface area contributed by atoms with Gasteiger partial charge in [0.1, 0.15) is 0 Å². The van der Waals surface area contributed by atoms with Gasteiger partial charge in [-0.3, -0.25) is 4.79 Å². The highest BCUT2D eigenvalue weighted by Gasteiger charge is 2.08. The van der Waals surface area contributed by atoms with Crippen molar-refractivity contribution in [3.8, 4) is 0 Å². The van der Waals surface area contributed by atoms with E-state index in [2.05, 4.69) is 10.3 Å². The number of carbonyl (C=O) groups is 1. The number of nitrogens with zero attached hydrogens (tertiary/aromatic N) is 1. The number of carbonyl (C=O) groups excluding carboxylic acids is 1. The van der Waals surface area contributed by atoms with Crippen LogP contribution in [0.15, 0.2) is 48.0 Å². The van der Waals surface area contributed by atoms with Crippen LogP contribution in [-0.4, -0.2) is 10.9 Å². The number of aryl methyl sites for hydroxylation is 1. The van der Waals surface area contributed by atoms with Crippen molar-refractivity contribution >= 4 is 33.1 Å². The van der Waals surface area contributed by atoms with Gasteiger partial charge < -0.3 is 5.32 Å². The Labute approximate surface area is 114 Å². The van der Waals surface area contributed by atoms with Crippen LogP contribution in [-0.2, 0) is 0 Å². The number of fused-ring (bicyclic) bond motifs is 1. The van der Waals surface area contributed by atoms with Crippen molar-refractivity contribution in [2.45, 2.75) is 6.92 Å². The summed E-state index contributed by atoms with van der Waals surface area (Å²) in [6.45, 7) is 1.97. The Morgan fingerprint density at radius 1 is 1.21 bits per heavy atom. The lowest BCUT2D eigenvalue weighted by atomic mass is 10.1. The van der Waals surface area contributed by atoms with Crippen LogP contribution in [0.2, 0.25) is 0 Å². The van der Waals surface area contributed by atoms with Crippen LogP contribution < -0.4 is 5.32 Å². The molecule has 0 saturated carbocycles. The highest BCUT2D eigenvalue weighted by atomic mass is 32.1. The van der Waals surface area contributed by atoms with E-state index < -0.39 is 0 Å². The molecule has 0 aliphatic rings. The largest absolute Gasteiger partial charge is 0.322 e. The highest BCUT2D eigenvalue weighted by molar-refractivity contribution is 7.16. The molecule has 3 rings (SSSR count). The van der Waals surface area contributed by atoms with E-state index in [1.807, 2.05) is 43.3 Å². The Hall–Kier alpha value is -2.20. The lowest BCUT2D eigenvalue weighted by molar-refractivity contribution is 0.102. The third-order valence-electron chi connectivity index (χ3n) is 2.99. The molecule has 1 amide bonds. The lowest BCUT2D eigenvalue weighted by Crippen LogP contribution is -2.12. The Kier molecular flexibility index (Phi) is 3.01. The molecule has 0 radical (unpaired) electrons. The number of aromatic nitrogens is 1. The summed E-state index contributed by atoms with van der Waals surface area (Å²) in [7, 11) is 0. The van der Waals surface area contributed by atoms with E-state index in [1.54, 1.807) is 11.6 Å². The number of para-hydroxylation sites is 1. The summed E-state index contributed by atoms with van der Waals surface area (Å²) in [6, 6.07) is 13.3. The van der Waals surface area contributed by atoms with Crippen LogP contribution in [0, 0.1) is 6.92 Å². The first-order valence-corrected chi connectivity index (χ1v) is 6.82. The van der Waals surface area contributed by atoms with E-state index in [4.69, 9.17) is 0 Å². The summed E-state index contributed by atoms with van der Waals surface area (Å²) in [5.74, 6) is -0.0930. The fourth-order valence-corrected chi connectivity index (χ4v) is 2.62. The van der Waals surface area contributed by atoms with Gasteiger partial charge in [-0.25, -0.2) is 4.98 Å². The third kappa shape index (κ3) is 2.35. The highest BCUT2D eigenvalue weighted by Crippen LogP contribution is 2.20. The van der Waals surface area contributed by atoms with Gasteiger partial charge in [0.25, 0.3) is 5.91 Å². The lowest BCUT2D eigenvalue weighted by Gasteiger charge is -2.07. The molecule has 19 heavy (non-hydrogen) atoms. The molecule has 3 aromatic rings. The number of benzene rings is 2. The van der Waals surface area contributed by atoms with Gasteiger partial charge in [-0.05, 0) is 36.8 Å². The first kappa shape index (κ1) is 11.9. The molecule has 3 nitrogen and oxygen atoms in total. The zero-order chi connectivity index (χ0) is 13.2. The topological polar surface area (TPSA) is 42.0 Å². The minimum absolute atomic E-state index is 0.0930. The number of thiazole rings is 1. The molecule has 4 heteroatoms. The zero-order valence-electron chi connectivity index (χ0n) is 10.4. The minimum atomic E-state index is -0.0930. The standard InChI is InChI=1S/C15H12N2OS/c1-10-4-2-3-5-12(10)17-15(18)11-6-7-13-14(8-11)19-9-16-13/h2-9H,1H3,(H,17,18). The summed E-state index contributed by atoms with van der Waals surface area (Å²) >= 11 is 1.54. The van der Waals surface area contributed by atoms with Crippen LogP contribution in [0.25, 0.3) is 10.2 Å². The summed E-state index contributed by atoms with van der Waals surface area (Å²) in [5.41, 5.74) is 5.26. The average Bonchev–Trinajstić information content (AvgIpc) is 2.88. The minimum Gasteiger partial charge on any atom is -0.322 e. The van der Waals surface area contributed by atoms with Gasteiger partial charge in [0.2, 0.25) is 0 Å². The Bertz CT molecular complexity index is 748. The summed E-state index contributed by atoms with van der Waals surface area (Å²) < 4.78 is 1.03. The zero-order valence-corrected chi connectivity index (χ0v) is 11.2. The Balaban J connectivity index is 1.89. The quantitative estimate of drug-likeness (QED) is 0.767. The van der Waals surface area contributed by atoms with Gasteiger partial charge in [0.05, 0.1) is 15.7 Å². The molecular formula is C15H12N2OS. The van der Waals surface area contributed by atoms with Crippen LogP contribution in [0.5, 0.6) is 0 Å². The van der Waals surface area contributed by atoms with Gasteiger partial charge in [-0.15, -0.1) is 11.3 Å². The molecular weight excluding hydrogens is 256 g/mol. The average molecular weight is 268 g/mol. The molecule has 1 heterocycles. The van der Waals surface area contributed by atoms with Crippen molar-refractivity contribution in [3.63, 3.8) is 0 Å². The Morgan fingerprint density at radius 2 is 2.05 bits per heavy atom. The fraction of sp³-hybridized carbons (Fsp3) is 0.0667. The summed E-state index contributed by atoms with van der Waals surface area (Å²) in [6.07, 6.45) is 0. The molecule has 1 N–H and O–H groups in total. The van der Waals surface area contributed by atoms with E-state index in [-0.39, 0.29) is 5.91 Å². The van der Waals surface area contributed by atoms with E-state index in [9.17, 15) is 4.79 Å². The summed E-state index contributed by atoms with van der Waals surface area (Å²) in [5, 5.41) is 2.93. The van der Waals surface area contributed by atoms with E-state index in [0.717, 1.165) is 21.5 Å². The number of hydrogen-bond acceptors (Lipinski definition) is 3. The van der Waals surface area contributed by atoms with Crippen molar-refractivity contribution in [1.82, 2.24) is 4.98 Å². The van der Waals surface area contributed by atoms with Gasteiger partial charge in [-0.1, -0.05) is 18.2 Å². The molecule has 0 saturated heterocycles. The van der Waals surface area contributed by atoms with Crippen LogP contribution in [0.3, 0.4) is 0 Å². The first-order chi connectivity index (χ1) is 9.24. The molecule has 0 aliphatic carbocycles. The van der Waals surface area contributed by atoms with Gasteiger partial charge >= 0.3 is 0 Å². The van der Waals surface area contributed by atoms with Crippen LogP contribution in [0.1, 0.15) is 15.9 Å². The van der Waals surface area contributed by atoms with E-state index >= 15 is 0 Å². The molecule has 0 unspecified atom stereocenters. The SMILES string of the molecule is Cc1ccccc1NC(=O)c1ccc2ncsc2c1. The van der Waals surface area contributed by atoms with Crippen LogP contribution >= 0.6 is 11.3 Å². The maximum absolute atomic E-state index is 12.2. The monoisotopic (exact) mass is 268 g/mol. The van der Waals surface area contributed by atoms with Crippen molar-refractivity contribution < 1.29 is 4.79 Å². The van der Waals surface area contributed by atoms with Gasteiger partial charge in [0, 0.05) is 11.3 Å². The second-order valence-electron chi connectivity index (χ2n) is 4.30. The second-order valence-corrected chi connectivity index (χ2v) is 5.19. The van der Waals surface area contributed by atoms with E-state index in [0.29, 0.717) is 5.56 Å². The maximum atomic E-state index is 12.2. The van der Waals surface area contributed by atoms with Crippen molar-refractivity contribution in [3.05, 3.63) is 59.1 Å². The number of anilines is 1. The van der Waals surface area contributed by atoms with Crippen molar-refractivity contribution in [1.29, 1.82) is 0 Å². The van der Waals surface area contributed by atoms with Crippen LogP contribution in [0.4, 0.5) is 5.69 Å². The fourth-order valence-electron chi connectivity index (χ4n) is 1.90. The number of rotatable bonds is 2.